The van der Waals surface area contributed by atoms with Crippen molar-refractivity contribution in [1.82, 2.24) is 9.97 Å². The van der Waals surface area contributed by atoms with Gasteiger partial charge in [0.05, 0.1) is 12.3 Å². The van der Waals surface area contributed by atoms with Crippen LogP contribution in [-0.2, 0) is 0 Å². The van der Waals surface area contributed by atoms with E-state index >= 15 is 0 Å². The van der Waals surface area contributed by atoms with Crippen LogP contribution in [0.25, 0.3) is 0 Å². The summed E-state index contributed by atoms with van der Waals surface area (Å²) in [6.07, 6.45) is 4.48. The van der Waals surface area contributed by atoms with E-state index in [4.69, 9.17) is 10.5 Å². The Labute approximate surface area is 133 Å². The van der Waals surface area contributed by atoms with Gasteiger partial charge in [-0.3, -0.25) is 0 Å². The van der Waals surface area contributed by atoms with E-state index in [1.165, 1.54) is 30.5 Å². The van der Waals surface area contributed by atoms with E-state index in [0.717, 1.165) is 25.7 Å². The summed E-state index contributed by atoms with van der Waals surface area (Å²) in [5, 5.41) is 12.9. The molecular formula is C16H19FN4O2. The van der Waals surface area contributed by atoms with Gasteiger partial charge in [0.25, 0.3) is 0 Å². The van der Waals surface area contributed by atoms with Crippen molar-refractivity contribution in [1.29, 1.82) is 0 Å². The molecule has 1 aliphatic rings. The molecule has 1 aromatic heterocycles. The van der Waals surface area contributed by atoms with Crippen molar-refractivity contribution >= 4 is 11.8 Å². The zero-order valence-corrected chi connectivity index (χ0v) is 12.6. The summed E-state index contributed by atoms with van der Waals surface area (Å²) >= 11 is 0. The van der Waals surface area contributed by atoms with Crippen LogP contribution in [0.5, 0.6) is 11.5 Å². The highest BCUT2D eigenvalue weighted by Crippen LogP contribution is 2.30. The van der Waals surface area contributed by atoms with Gasteiger partial charge in [-0.2, -0.15) is 4.98 Å². The van der Waals surface area contributed by atoms with Crippen molar-refractivity contribution in [2.75, 3.05) is 11.1 Å². The quantitative estimate of drug-likeness (QED) is 0.802. The molecule has 0 amide bonds. The summed E-state index contributed by atoms with van der Waals surface area (Å²) in [6, 6.07) is 5.91. The first-order valence-electron chi connectivity index (χ1n) is 7.60. The van der Waals surface area contributed by atoms with Crippen molar-refractivity contribution in [2.45, 2.75) is 37.8 Å². The number of halogens is 1. The molecule has 0 aliphatic heterocycles. The monoisotopic (exact) mass is 318 g/mol. The number of nitrogen functional groups attached to an aromatic ring is 1. The van der Waals surface area contributed by atoms with Crippen LogP contribution in [0.3, 0.4) is 0 Å². The Bertz CT molecular complexity index is 658. The summed E-state index contributed by atoms with van der Waals surface area (Å²) < 4.78 is 18.7. The molecule has 1 fully saturated rings. The Morgan fingerprint density at radius 1 is 1.17 bits per heavy atom. The molecule has 0 unspecified atom stereocenters. The van der Waals surface area contributed by atoms with Crippen LogP contribution in [-0.4, -0.2) is 27.2 Å². The average molecular weight is 318 g/mol. The first-order chi connectivity index (χ1) is 11.1. The fraction of sp³-hybridized carbons (Fsp3) is 0.375. The molecule has 7 heteroatoms. The lowest BCUT2D eigenvalue weighted by atomic mass is 9.93. The van der Waals surface area contributed by atoms with Crippen molar-refractivity contribution in [3.8, 4) is 11.5 Å². The number of benzene rings is 1. The van der Waals surface area contributed by atoms with E-state index in [1.807, 2.05) is 0 Å². The molecule has 1 saturated carbocycles. The van der Waals surface area contributed by atoms with Gasteiger partial charge in [-0.1, -0.05) is 0 Å². The standard InChI is InChI=1S/C16H19FN4O2/c17-10-1-7-13(8-2-10)23-14-9-19-16(18)21-15(14)20-11-3-5-12(22)6-4-11/h1-2,7-9,11-12,22H,3-6H2,(H3,18,19,20,21)/t11-,12-. The zero-order chi connectivity index (χ0) is 16.2. The number of aliphatic hydroxyl groups is 1. The van der Waals surface area contributed by atoms with Crippen LogP contribution in [0.4, 0.5) is 16.2 Å². The Kier molecular flexibility index (Phi) is 4.57. The zero-order valence-electron chi connectivity index (χ0n) is 12.6. The van der Waals surface area contributed by atoms with Gasteiger partial charge in [0.15, 0.2) is 11.6 Å². The summed E-state index contributed by atoms with van der Waals surface area (Å²) in [6.45, 7) is 0. The van der Waals surface area contributed by atoms with Crippen LogP contribution in [0.1, 0.15) is 25.7 Å². The summed E-state index contributed by atoms with van der Waals surface area (Å²) in [5.74, 6) is 1.24. The molecule has 0 saturated heterocycles. The maximum absolute atomic E-state index is 13.0. The van der Waals surface area contributed by atoms with Crippen LogP contribution in [0.15, 0.2) is 30.5 Å². The summed E-state index contributed by atoms with van der Waals surface area (Å²) in [5.41, 5.74) is 5.66. The van der Waals surface area contributed by atoms with Gasteiger partial charge in [-0.15, -0.1) is 0 Å². The van der Waals surface area contributed by atoms with E-state index in [0.29, 0.717) is 17.3 Å². The molecule has 2 aromatic rings. The second kappa shape index (κ2) is 6.78. The fourth-order valence-electron chi connectivity index (χ4n) is 2.61. The van der Waals surface area contributed by atoms with E-state index in [1.54, 1.807) is 0 Å². The van der Waals surface area contributed by atoms with Crippen molar-refractivity contribution in [2.24, 2.45) is 0 Å². The van der Waals surface area contributed by atoms with Gasteiger partial charge in [0.2, 0.25) is 5.95 Å². The maximum Gasteiger partial charge on any atom is 0.222 e. The first-order valence-corrected chi connectivity index (χ1v) is 7.60. The van der Waals surface area contributed by atoms with Crippen molar-refractivity contribution in [3.05, 3.63) is 36.3 Å². The number of hydrogen-bond acceptors (Lipinski definition) is 6. The van der Waals surface area contributed by atoms with Gasteiger partial charge >= 0.3 is 0 Å². The summed E-state index contributed by atoms with van der Waals surface area (Å²) in [7, 11) is 0. The molecule has 122 valence electrons. The summed E-state index contributed by atoms with van der Waals surface area (Å²) in [4.78, 5) is 8.14. The minimum atomic E-state index is -0.329. The third kappa shape index (κ3) is 4.07. The third-order valence-electron chi connectivity index (χ3n) is 3.85. The fourth-order valence-corrected chi connectivity index (χ4v) is 2.61. The predicted molar refractivity (Wildman–Crippen MR) is 84.8 cm³/mol. The van der Waals surface area contributed by atoms with Crippen molar-refractivity contribution in [3.63, 3.8) is 0 Å². The van der Waals surface area contributed by atoms with Crippen LogP contribution in [0, 0.1) is 5.82 Å². The molecule has 1 heterocycles. The van der Waals surface area contributed by atoms with Gasteiger partial charge < -0.3 is 20.9 Å². The minimum Gasteiger partial charge on any atom is -0.452 e. The second-order valence-corrected chi connectivity index (χ2v) is 5.65. The largest absolute Gasteiger partial charge is 0.452 e. The van der Waals surface area contributed by atoms with E-state index in [2.05, 4.69) is 15.3 Å². The van der Waals surface area contributed by atoms with Gasteiger partial charge in [-0.25, -0.2) is 9.37 Å². The molecule has 1 aliphatic carbocycles. The lowest BCUT2D eigenvalue weighted by Gasteiger charge is -2.27. The number of aliphatic hydroxyl groups excluding tert-OH is 1. The number of aromatic nitrogens is 2. The van der Waals surface area contributed by atoms with Crippen LogP contribution >= 0.6 is 0 Å². The molecule has 6 nitrogen and oxygen atoms in total. The Balaban J connectivity index is 1.76. The molecule has 1 aromatic carbocycles. The molecule has 23 heavy (non-hydrogen) atoms. The normalized spacial score (nSPS) is 21.0. The topological polar surface area (TPSA) is 93.3 Å². The molecule has 0 radical (unpaired) electrons. The highest BCUT2D eigenvalue weighted by atomic mass is 19.1. The average Bonchev–Trinajstić information content (AvgIpc) is 2.54. The van der Waals surface area contributed by atoms with Gasteiger partial charge in [-0.05, 0) is 49.9 Å². The molecule has 0 atom stereocenters. The van der Waals surface area contributed by atoms with Crippen molar-refractivity contribution < 1.29 is 14.2 Å². The SMILES string of the molecule is Nc1ncc(Oc2ccc(F)cc2)c(N[C@H]2CC[C@H](O)CC2)n1. The number of nitrogens with zero attached hydrogens (tertiary/aromatic N) is 2. The molecule has 3 rings (SSSR count). The minimum absolute atomic E-state index is 0.148. The van der Waals surface area contributed by atoms with Gasteiger partial charge in [0, 0.05) is 6.04 Å². The van der Waals surface area contributed by atoms with Gasteiger partial charge in [0.1, 0.15) is 11.6 Å². The number of hydrogen-bond donors (Lipinski definition) is 3. The number of rotatable bonds is 4. The maximum atomic E-state index is 13.0. The molecule has 0 spiro atoms. The number of anilines is 2. The van der Waals surface area contributed by atoms with E-state index in [9.17, 15) is 9.50 Å². The predicted octanol–water partition coefficient (Wildman–Crippen LogP) is 2.71. The lowest BCUT2D eigenvalue weighted by molar-refractivity contribution is 0.126. The highest BCUT2D eigenvalue weighted by molar-refractivity contribution is 5.53. The third-order valence-corrected chi connectivity index (χ3v) is 3.85. The first kappa shape index (κ1) is 15.5. The highest BCUT2D eigenvalue weighted by Gasteiger charge is 2.21. The Hall–Kier alpha value is -2.41. The Morgan fingerprint density at radius 3 is 2.57 bits per heavy atom. The number of nitrogens with two attached hydrogens (primary N) is 1. The smallest absolute Gasteiger partial charge is 0.222 e. The Morgan fingerprint density at radius 2 is 1.87 bits per heavy atom. The van der Waals surface area contributed by atoms with Crippen LogP contribution in [0.2, 0.25) is 0 Å². The van der Waals surface area contributed by atoms with E-state index < -0.39 is 0 Å². The number of nitrogens with one attached hydrogen (secondary N) is 1. The molecular weight excluding hydrogens is 299 g/mol. The lowest BCUT2D eigenvalue weighted by Crippen LogP contribution is -2.28. The molecule has 4 N–H and O–H groups in total. The molecule has 0 bridgehead atoms. The second-order valence-electron chi connectivity index (χ2n) is 5.65. The van der Waals surface area contributed by atoms with E-state index in [-0.39, 0.29) is 23.9 Å². The number of ether oxygens (including phenoxy) is 1. The van der Waals surface area contributed by atoms with Crippen LogP contribution < -0.4 is 15.8 Å².